The average Bonchev–Trinajstić information content (AvgIpc) is 2.84. The molecule has 1 N–H and O–H groups in total. The minimum Gasteiger partial charge on any atom is -0.445 e. The van der Waals surface area contributed by atoms with Crippen LogP contribution in [0.25, 0.3) is 0 Å². The van der Waals surface area contributed by atoms with Crippen LogP contribution >= 0.6 is 11.6 Å². The summed E-state index contributed by atoms with van der Waals surface area (Å²) in [7, 11) is 0. The van der Waals surface area contributed by atoms with E-state index < -0.39 is 0 Å². The Hall–Kier alpha value is -2.71. The number of hydrogen-bond acceptors (Lipinski definition) is 4. The van der Waals surface area contributed by atoms with Gasteiger partial charge in [-0.15, -0.1) is 0 Å². The second kappa shape index (κ2) is 11.4. The smallest absolute Gasteiger partial charge is 0.407 e. The lowest BCUT2D eigenvalue weighted by molar-refractivity contribution is 0.122. The van der Waals surface area contributed by atoms with Gasteiger partial charge in [0, 0.05) is 29.8 Å². The Balaban J connectivity index is 1.30. The van der Waals surface area contributed by atoms with Crippen LogP contribution in [0.2, 0.25) is 5.02 Å². The molecule has 2 aromatic rings. The molecule has 6 heteroatoms. The maximum absolute atomic E-state index is 12.5. The maximum atomic E-state index is 12.5. The molecule has 0 spiro atoms. The fourth-order valence-corrected chi connectivity index (χ4v) is 5.53. The quantitative estimate of drug-likeness (QED) is 0.543. The lowest BCUT2D eigenvalue weighted by Gasteiger charge is -2.39. The van der Waals surface area contributed by atoms with Crippen molar-refractivity contribution in [2.45, 2.75) is 57.6 Å². The molecule has 2 aliphatic rings. The lowest BCUT2D eigenvalue weighted by atomic mass is 9.77. The van der Waals surface area contributed by atoms with E-state index in [9.17, 15) is 4.79 Å². The van der Waals surface area contributed by atoms with Crippen LogP contribution in [0.3, 0.4) is 0 Å². The number of amides is 1. The van der Waals surface area contributed by atoms with Crippen molar-refractivity contribution in [1.29, 1.82) is 5.26 Å². The number of alkyl carbamates (subject to hydrolysis) is 1. The summed E-state index contributed by atoms with van der Waals surface area (Å²) in [5.74, 6) is 1.10. The SMILES string of the molecule is N#Cc1ccc(N2CCC[C@H](C[C@@H]3CCCC[C@H]3NC(=O)OCc3cccc(Cl)c3)C2)cc1. The normalized spacial score (nSPS) is 22.9. The van der Waals surface area contributed by atoms with Gasteiger partial charge in [0.25, 0.3) is 0 Å². The molecule has 1 heterocycles. The molecule has 4 rings (SSSR count). The summed E-state index contributed by atoms with van der Waals surface area (Å²) in [6.07, 6.45) is 7.76. The van der Waals surface area contributed by atoms with Crippen molar-refractivity contribution in [3.05, 3.63) is 64.7 Å². The fraction of sp³-hybridized carbons (Fsp3) is 0.481. The molecule has 2 aromatic carbocycles. The number of halogens is 1. The Morgan fingerprint density at radius 1 is 1.12 bits per heavy atom. The molecule has 174 valence electrons. The molecule has 3 atom stereocenters. The van der Waals surface area contributed by atoms with E-state index in [1.54, 1.807) is 0 Å². The second-order valence-corrected chi connectivity index (χ2v) is 9.79. The third-order valence-corrected chi connectivity index (χ3v) is 7.22. The molecule has 33 heavy (non-hydrogen) atoms. The van der Waals surface area contributed by atoms with Gasteiger partial charge in [0.2, 0.25) is 0 Å². The van der Waals surface area contributed by atoms with E-state index >= 15 is 0 Å². The van der Waals surface area contributed by atoms with Crippen LogP contribution in [0.5, 0.6) is 0 Å². The van der Waals surface area contributed by atoms with Crippen molar-refractivity contribution in [3.8, 4) is 6.07 Å². The molecule has 5 nitrogen and oxygen atoms in total. The molecule has 1 saturated heterocycles. The largest absolute Gasteiger partial charge is 0.445 e. The summed E-state index contributed by atoms with van der Waals surface area (Å²) >= 11 is 6.02. The van der Waals surface area contributed by atoms with E-state index in [-0.39, 0.29) is 18.7 Å². The van der Waals surface area contributed by atoms with E-state index in [4.69, 9.17) is 21.6 Å². The summed E-state index contributed by atoms with van der Waals surface area (Å²) in [6.45, 7) is 2.32. The number of carbonyl (C=O) groups is 1. The number of benzene rings is 2. The zero-order chi connectivity index (χ0) is 23.0. The third-order valence-electron chi connectivity index (χ3n) is 6.99. The zero-order valence-electron chi connectivity index (χ0n) is 19.0. The van der Waals surface area contributed by atoms with Crippen molar-refractivity contribution in [2.75, 3.05) is 18.0 Å². The van der Waals surface area contributed by atoms with Gasteiger partial charge in [-0.1, -0.05) is 36.6 Å². The number of nitrogens with zero attached hydrogens (tertiary/aromatic N) is 2. The van der Waals surface area contributed by atoms with Gasteiger partial charge in [-0.25, -0.2) is 4.79 Å². The fourth-order valence-electron chi connectivity index (χ4n) is 5.32. The van der Waals surface area contributed by atoms with Crippen LogP contribution in [0.1, 0.15) is 56.1 Å². The zero-order valence-corrected chi connectivity index (χ0v) is 19.8. The molecule has 0 radical (unpaired) electrons. The highest BCUT2D eigenvalue weighted by Gasteiger charge is 2.31. The molecular weight excluding hydrogens is 434 g/mol. The van der Waals surface area contributed by atoms with E-state index in [0.29, 0.717) is 22.4 Å². The lowest BCUT2D eigenvalue weighted by Crippen LogP contribution is -2.44. The Morgan fingerprint density at radius 3 is 2.73 bits per heavy atom. The molecule has 1 aliphatic heterocycles. The first-order chi connectivity index (χ1) is 16.1. The highest BCUT2D eigenvalue weighted by molar-refractivity contribution is 6.30. The molecule has 2 fully saturated rings. The standard InChI is InChI=1S/C27H32ClN3O2/c28-24-8-3-5-22(16-24)19-33-27(32)30-26-9-2-1-7-23(26)15-21-6-4-14-31(18-21)25-12-10-20(17-29)11-13-25/h3,5,8,10-13,16,21,23,26H,1-2,4,6-7,9,14-15,18-19H2,(H,30,32)/t21-,23+,26-/m1/s1. The van der Waals surface area contributed by atoms with Crippen LogP contribution in [0.4, 0.5) is 10.5 Å². The number of nitriles is 1. The first-order valence-corrected chi connectivity index (χ1v) is 12.4. The van der Waals surface area contributed by atoms with Gasteiger partial charge >= 0.3 is 6.09 Å². The number of carbonyl (C=O) groups excluding carboxylic acids is 1. The van der Waals surface area contributed by atoms with Crippen LogP contribution in [-0.2, 0) is 11.3 Å². The summed E-state index contributed by atoms with van der Waals surface area (Å²) in [4.78, 5) is 14.9. The minimum atomic E-state index is -0.338. The van der Waals surface area contributed by atoms with Gasteiger partial charge in [-0.3, -0.25) is 0 Å². The third kappa shape index (κ3) is 6.65. The first-order valence-electron chi connectivity index (χ1n) is 12.0. The first kappa shape index (κ1) is 23.4. The summed E-state index contributed by atoms with van der Waals surface area (Å²) in [6, 6.07) is 17.7. The predicted octanol–water partition coefficient (Wildman–Crippen LogP) is 6.30. The van der Waals surface area contributed by atoms with E-state index in [0.717, 1.165) is 44.3 Å². The molecule has 1 amide bonds. The van der Waals surface area contributed by atoms with Gasteiger partial charge in [0.1, 0.15) is 6.61 Å². The Kier molecular flexibility index (Phi) is 8.12. The highest BCUT2D eigenvalue weighted by atomic mass is 35.5. The Labute approximate surface area is 201 Å². The molecule has 0 bridgehead atoms. The van der Waals surface area contributed by atoms with Gasteiger partial charge in [-0.05, 0) is 85.9 Å². The number of anilines is 1. The number of ether oxygens (including phenoxy) is 1. The van der Waals surface area contributed by atoms with Crippen LogP contribution in [-0.4, -0.2) is 25.2 Å². The number of piperidine rings is 1. The summed E-state index contributed by atoms with van der Waals surface area (Å²) in [5, 5.41) is 12.9. The van der Waals surface area contributed by atoms with Gasteiger partial charge in [0.15, 0.2) is 0 Å². The van der Waals surface area contributed by atoms with E-state index in [2.05, 4.69) is 28.4 Å². The van der Waals surface area contributed by atoms with Crippen molar-refractivity contribution < 1.29 is 9.53 Å². The molecule has 1 saturated carbocycles. The van der Waals surface area contributed by atoms with Crippen LogP contribution < -0.4 is 10.2 Å². The maximum Gasteiger partial charge on any atom is 0.407 e. The van der Waals surface area contributed by atoms with Gasteiger partial charge in [-0.2, -0.15) is 5.26 Å². The predicted molar refractivity (Wildman–Crippen MR) is 131 cm³/mol. The molecule has 0 aromatic heterocycles. The monoisotopic (exact) mass is 465 g/mol. The number of hydrogen-bond donors (Lipinski definition) is 1. The van der Waals surface area contributed by atoms with Crippen LogP contribution in [0, 0.1) is 23.2 Å². The molecule has 0 unspecified atom stereocenters. The van der Waals surface area contributed by atoms with Crippen molar-refractivity contribution in [1.82, 2.24) is 5.32 Å². The Morgan fingerprint density at radius 2 is 1.94 bits per heavy atom. The van der Waals surface area contributed by atoms with Crippen molar-refractivity contribution in [3.63, 3.8) is 0 Å². The van der Waals surface area contributed by atoms with E-state index in [1.165, 1.54) is 24.9 Å². The van der Waals surface area contributed by atoms with Crippen molar-refractivity contribution in [2.24, 2.45) is 11.8 Å². The van der Waals surface area contributed by atoms with Gasteiger partial charge < -0.3 is 15.0 Å². The summed E-state index contributed by atoms with van der Waals surface area (Å²) in [5.41, 5.74) is 2.79. The van der Waals surface area contributed by atoms with E-state index in [1.807, 2.05) is 36.4 Å². The van der Waals surface area contributed by atoms with Crippen LogP contribution in [0.15, 0.2) is 48.5 Å². The van der Waals surface area contributed by atoms with Crippen molar-refractivity contribution >= 4 is 23.4 Å². The number of nitrogens with one attached hydrogen (secondary N) is 1. The number of rotatable bonds is 6. The second-order valence-electron chi connectivity index (χ2n) is 9.35. The molecular formula is C27H32ClN3O2. The Bertz CT molecular complexity index is 972. The molecule has 1 aliphatic carbocycles. The average molecular weight is 466 g/mol. The minimum absolute atomic E-state index is 0.177. The summed E-state index contributed by atoms with van der Waals surface area (Å²) < 4.78 is 5.48. The topological polar surface area (TPSA) is 65.4 Å². The highest BCUT2D eigenvalue weighted by Crippen LogP contribution is 2.34. The van der Waals surface area contributed by atoms with Gasteiger partial charge in [0.05, 0.1) is 11.6 Å².